The van der Waals surface area contributed by atoms with Crippen LogP contribution in [0.5, 0.6) is 5.75 Å². The van der Waals surface area contributed by atoms with Gasteiger partial charge in [-0.05, 0) is 12.1 Å². The van der Waals surface area contributed by atoms with Gasteiger partial charge >= 0.3 is 0 Å². The van der Waals surface area contributed by atoms with Gasteiger partial charge in [-0.2, -0.15) is 0 Å². The van der Waals surface area contributed by atoms with Crippen LogP contribution in [-0.2, 0) is 19.6 Å². The summed E-state index contributed by atoms with van der Waals surface area (Å²) in [5, 5.41) is 17.4. The number of ether oxygens (including phenoxy) is 1. The van der Waals surface area contributed by atoms with E-state index in [1.165, 1.54) is 0 Å². The van der Waals surface area contributed by atoms with Gasteiger partial charge in [0.25, 0.3) is 5.89 Å². The molecule has 6 heteroatoms. The van der Waals surface area contributed by atoms with Crippen molar-refractivity contribution in [2.45, 2.75) is 26.6 Å². The fourth-order valence-corrected chi connectivity index (χ4v) is 1.68. The van der Waals surface area contributed by atoms with E-state index in [-0.39, 0.29) is 13.2 Å². The molecule has 0 unspecified atom stereocenters. The van der Waals surface area contributed by atoms with E-state index in [4.69, 9.17) is 20.8 Å². The van der Waals surface area contributed by atoms with Gasteiger partial charge in [-0.25, -0.2) is 0 Å². The summed E-state index contributed by atoms with van der Waals surface area (Å²) in [5.41, 5.74) is 0.550. The molecule has 1 aromatic heterocycles. The summed E-state index contributed by atoms with van der Waals surface area (Å²) in [6.07, 6.45) is 0.687. The van der Waals surface area contributed by atoms with Crippen LogP contribution in [0.2, 0.25) is 5.02 Å². The lowest BCUT2D eigenvalue weighted by Gasteiger charge is -2.09. The molecule has 0 amide bonds. The number of benzene rings is 1. The third-order valence-corrected chi connectivity index (χ3v) is 2.75. The van der Waals surface area contributed by atoms with Gasteiger partial charge in [-0.15, -0.1) is 10.2 Å². The monoisotopic (exact) mass is 268 g/mol. The zero-order chi connectivity index (χ0) is 13.0. The maximum absolute atomic E-state index is 9.22. The van der Waals surface area contributed by atoms with E-state index in [1.807, 2.05) is 6.92 Å². The van der Waals surface area contributed by atoms with Crippen molar-refractivity contribution in [3.05, 3.63) is 40.6 Å². The molecule has 0 saturated carbocycles. The second-order valence-electron chi connectivity index (χ2n) is 3.61. The fraction of sp³-hybridized carbons (Fsp3) is 0.333. The van der Waals surface area contributed by atoms with Gasteiger partial charge in [0, 0.05) is 17.0 Å². The number of aliphatic hydroxyl groups excluding tert-OH is 1. The number of aliphatic hydroxyl groups is 1. The molecule has 5 nitrogen and oxygen atoms in total. The smallest absolute Gasteiger partial charge is 0.253 e. The molecule has 2 aromatic rings. The normalized spacial score (nSPS) is 10.6. The molecule has 0 saturated heterocycles. The van der Waals surface area contributed by atoms with E-state index in [2.05, 4.69) is 10.2 Å². The molecule has 1 heterocycles. The fourth-order valence-electron chi connectivity index (χ4n) is 1.46. The lowest BCUT2D eigenvalue weighted by atomic mass is 10.2. The lowest BCUT2D eigenvalue weighted by Crippen LogP contribution is -1.99. The number of rotatable bonds is 5. The van der Waals surface area contributed by atoms with Crippen LogP contribution >= 0.6 is 11.6 Å². The molecule has 0 atom stereocenters. The molecule has 18 heavy (non-hydrogen) atoms. The van der Waals surface area contributed by atoms with Crippen LogP contribution in [0.15, 0.2) is 22.6 Å². The molecule has 0 aliphatic carbocycles. The minimum absolute atomic E-state index is 0.153. The van der Waals surface area contributed by atoms with Crippen molar-refractivity contribution in [2.24, 2.45) is 0 Å². The highest BCUT2D eigenvalue weighted by Gasteiger charge is 2.09. The first-order chi connectivity index (χ1) is 8.74. The predicted octanol–water partition coefficient (Wildman–Crippen LogP) is 2.36. The summed E-state index contributed by atoms with van der Waals surface area (Å²) in [5.74, 6) is 1.49. The highest BCUT2D eigenvalue weighted by molar-refractivity contribution is 6.31. The quantitative estimate of drug-likeness (QED) is 0.901. The van der Waals surface area contributed by atoms with E-state index in [0.717, 1.165) is 0 Å². The second kappa shape index (κ2) is 5.84. The van der Waals surface area contributed by atoms with Gasteiger partial charge in [0.05, 0.1) is 6.61 Å². The van der Waals surface area contributed by atoms with E-state index in [9.17, 15) is 5.11 Å². The van der Waals surface area contributed by atoms with Crippen molar-refractivity contribution in [2.75, 3.05) is 0 Å². The summed E-state index contributed by atoms with van der Waals surface area (Å²) >= 11 is 5.95. The van der Waals surface area contributed by atoms with Gasteiger partial charge in [0.1, 0.15) is 5.75 Å². The molecule has 0 radical (unpaired) electrons. The molecule has 0 spiro atoms. The van der Waals surface area contributed by atoms with E-state index >= 15 is 0 Å². The van der Waals surface area contributed by atoms with Crippen molar-refractivity contribution in [1.29, 1.82) is 0 Å². The number of nitrogens with zero attached hydrogens (tertiary/aromatic N) is 2. The first-order valence-corrected chi connectivity index (χ1v) is 5.94. The Morgan fingerprint density at radius 1 is 1.33 bits per heavy atom. The Kier molecular flexibility index (Phi) is 4.17. The molecular weight excluding hydrogens is 256 g/mol. The lowest BCUT2D eigenvalue weighted by molar-refractivity contribution is 0.239. The first kappa shape index (κ1) is 12.9. The minimum atomic E-state index is -0.181. The highest BCUT2D eigenvalue weighted by atomic mass is 35.5. The van der Waals surface area contributed by atoms with Crippen molar-refractivity contribution in [3.8, 4) is 5.75 Å². The molecular formula is C12H13ClN2O3. The van der Waals surface area contributed by atoms with Gasteiger partial charge in [-0.3, -0.25) is 0 Å². The van der Waals surface area contributed by atoms with Crippen LogP contribution in [0.4, 0.5) is 0 Å². The van der Waals surface area contributed by atoms with Crippen LogP contribution in [0.3, 0.4) is 0 Å². The van der Waals surface area contributed by atoms with Gasteiger partial charge in [0.15, 0.2) is 6.61 Å². The molecule has 2 rings (SSSR count). The van der Waals surface area contributed by atoms with Crippen LogP contribution in [0, 0.1) is 0 Å². The van der Waals surface area contributed by atoms with E-state index in [0.29, 0.717) is 34.5 Å². The first-order valence-electron chi connectivity index (χ1n) is 5.57. The van der Waals surface area contributed by atoms with Crippen molar-refractivity contribution in [1.82, 2.24) is 10.2 Å². The Morgan fingerprint density at radius 2 is 2.11 bits per heavy atom. The number of halogens is 1. The summed E-state index contributed by atoms with van der Waals surface area (Å²) < 4.78 is 10.8. The molecule has 0 fully saturated rings. The SMILES string of the molecule is CCc1nnc(COc2cccc(Cl)c2CO)o1. The van der Waals surface area contributed by atoms with Gasteiger partial charge < -0.3 is 14.3 Å². The Morgan fingerprint density at radius 3 is 2.78 bits per heavy atom. The average molecular weight is 269 g/mol. The molecule has 0 bridgehead atoms. The second-order valence-corrected chi connectivity index (χ2v) is 4.01. The van der Waals surface area contributed by atoms with Gasteiger partial charge in [0.2, 0.25) is 5.89 Å². The third kappa shape index (κ3) is 2.80. The van der Waals surface area contributed by atoms with Crippen LogP contribution in [0.25, 0.3) is 0 Å². The number of hydrogen-bond acceptors (Lipinski definition) is 5. The highest BCUT2D eigenvalue weighted by Crippen LogP contribution is 2.26. The third-order valence-electron chi connectivity index (χ3n) is 2.40. The van der Waals surface area contributed by atoms with Crippen LogP contribution < -0.4 is 4.74 Å². The summed E-state index contributed by atoms with van der Waals surface area (Å²) in [6.45, 7) is 1.90. The van der Waals surface area contributed by atoms with Crippen molar-refractivity contribution in [3.63, 3.8) is 0 Å². The summed E-state index contributed by atoms with van der Waals surface area (Å²) in [6, 6.07) is 5.18. The van der Waals surface area contributed by atoms with Gasteiger partial charge in [-0.1, -0.05) is 24.6 Å². The summed E-state index contributed by atoms with van der Waals surface area (Å²) in [4.78, 5) is 0. The molecule has 0 aliphatic rings. The Bertz CT molecular complexity index is 528. The number of hydrogen-bond donors (Lipinski definition) is 1. The van der Waals surface area contributed by atoms with Crippen LogP contribution in [0.1, 0.15) is 24.3 Å². The Labute approximate surface area is 109 Å². The Hall–Kier alpha value is -1.59. The number of aryl methyl sites for hydroxylation is 1. The maximum Gasteiger partial charge on any atom is 0.253 e. The average Bonchev–Trinajstić information content (AvgIpc) is 2.84. The minimum Gasteiger partial charge on any atom is -0.483 e. The van der Waals surface area contributed by atoms with Crippen molar-refractivity contribution < 1.29 is 14.3 Å². The van der Waals surface area contributed by atoms with E-state index < -0.39 is 0 Å². The summed E-state index contributed by atoms with van der Waals surface area (Å²) in [7, 11) is 0. The zero-order valence-corrected chi connectivity index (χ0v) is 10.6. The molecule has 96 valence electrons. The molecule has 1 aromatic carbocycles. The van der Waals surface area contributed by atoms with Crippen molar-refractivity contribution >= 4 is 11.6 Å². The maximum atomic E-state index is 9.22. The largest absolute Gasteiger partial charge is 0.483 e. The van der Waals surface area contributed by atoms with Crippen LogP contribution in [-0.4, -0.2) is 15.3 Å². The molecule has 1 N–H and O–H groups in total. The number of aromatic nitrogens is 2. The molecule has 0 aliphatic heterocycles. The topological polar surface area (TPSA) is 68.4 Å². The standard InChI is InChI=1S/C12H13ClN2O3/c1-2-11-14-15-12(18-11)7-17-10-5-3-4-9(13)8(10)6-16/h3-5,16H,2,6-7H2,1H3. The predicted molar refractivity (Wildman–Crippen MR) is 65.4 cm³/mol. The Balaban J connectivity index is 2.08. The zero-order valence-electron chi connectivity index (χ0n) is 9.89. The van der Waals surface area contributed by atoms with E-state index in [1.54, 1.807) is 18.2 Å².